The van der Waals surface area contributed by atoms with Gasteiger partial charge in [0.1, 0.15) is 11.5 Å². The van der Waals surface area contributed by atoms with Crippen LogP contribution in [0.5, 0.6) is 0 Å². The quantitative estimate of drug-likeness (QED) is 0.804. The minimum atomic E-state index is 0.0431. The van der Waals surface area contributed by atoms with Gasteiger partial charge in [0, 0.05) is 15.3 Å². The average Bonchev–Trinajstić information content (AvgIpc) is 3.36. The minimum absolute atomic E-state index is 0.0431. The summed E-state index contributed by atoms with van der Waals surface area (Å²) in [7, 11) is 0. The van der Waals surface area contributed by atoms with Crippen LogP contribution in [0.15, 0.2) is 44.0 Å². The standard InChI is InChI=1S/C22H24N4OS/c1-12-7-16(13(2)27-12)17-8-18(24-10-23-17)19-9-20(26-11-25-19)22-14(3)28-21-6-4-5-15(21)22/h7-11,17,20H,4-6H2,1-3H3,(H,23,24)(H,25,26). The summed E-state index contributed by atoms with van der Waals surface area (Å²) in [5.74, 6) is 1.86. The van der Waals surface area contributed by atoms with Crippen LogP contribution in [0.25, 0.3) is 0 Å². The van der Waals surface area contributed by atoms with Crippen molar-refractivity contribution < 1.29 is 4.42 Å². The van der Waals surface area contributed by atoms with Gasteiger partial charge in [-0.3, -0.25) is 0 Å². The van der Waals surface area contributed by atoms with Gasteiger partial charge < -0.3 is 15.1 Å². The second-order valence-electron chi connectivity index (χ2n) is 7.60. The molecule has 2 atom stereocenters. The number of aryl methyl sites for hydroxylation is 4. The van der Waals surface area contributed by atoms with Crippen LogP contribution < -0.4 is 10.6 Å². The van der Waals surface area contributed by atoms with Crippen LogP contribution in [0.1, 0.15) is 56.5 Å². The van der Waals surface area contributed by atoms with Crippen molar-refractivity contribution in [1.82, 2.24) is 10.6 Å². The first-order valence-corrected chi connectivity index (χ1v) is 10.6. The van der Waals surface area contributed by atoms with Crippen molar-refractivity contribution in [3.63, 3.8) is 0 Å². The number of rotatable bonds is 3. The molecule has 2 aliphatic heterocycles. The molecular formula is C22H24N4OS. The average molecular weight is 393 g/mol. The number of thiophene rings is 1. The van der Waals surface area contributed by atoms with Gasteiger partial charge in [0.2, 0.25) is 0 Å². The second kappa shape index (κ2) is 6.78. The summed E-state index contributed by atoms with van der Waals surface area (Å²) in [6.07, 6.45) is 11.6. The zero-order valence-electron chi connectivity index (χ0n) is 16.4. The fraction of sp³-hybridized carbons (Fsp3) is 0.364. The van der Waals surface area contributed by atoms with Crippen molar-refractivity contribution in [2.24, 2.45) is 9.98 Å². The predicted molar refractivity (Wildman–Crippen MR) is 114 cm³/mol. The Hall–Kier alpha value is -2.60. The molecule has 2 unspecified atom stereocenters. The highest BCUT2D eigenvalue weighted by Gasteiger charge is 2.27. The Morgan fingerprint density at radius 3 is 2.43 bits per heavy atom. The van der Waals surface area contributed by atoms with Gasteiger partial charge >= 0.3 is 0 Å². The molecule has 0 aromatic carbocycles. The Bertz CT molecular complexity index is 1050. The lowest BCUT2D eigenvalue weighted by molar-refractivity contribution is 0.499. The second-order valence-corrected chi connectivity index (χ2v) is 8.91. The monoisotopic (exact) mass is 392 g/mol. The van der Waals surface area contributed by atoms with Gasteiger partial charge in [-0.1, -0.05) is 0 Å². The third-order valence-corrected chi connectivity index (χ3v) is 6.92. The maximum Gasteiger partial charge on any atom is 0.106 e. The van der Waals surface area contributed by atoms with Gasteiger partial charge in [-0.05, 0) is 69.4 Å². The molecule has 5 nitrogen and oxygen atoms in total. The van der Waals surface area contributed by atoms with Gasteiger partial charge in [0.05, 0.1) is 36.2 Å². The van der Waals surface area contributed by atoms with Crippen molar-refractivity contribution in [3.8, 4) is 0 Å². The molecule has 6 heteroatoms. The number of hydrogen-bond donors (Lipinski definition) is 2. The number of aliphatic imine (C=N–C) groups is 2. The summed E-state index contributed by atoms with van der Waals surface area (Å²) in [6.45, 7) is 6.21. The number of nitrogens with one attached hydrogen (secondary N) is 2. The molecule has 0 saturated heterocycles. The van der Waals surface area contributed by atoms with Crippen molar-refractivity contribution in [2.75, 3.05) is 0 Å². The summed E-state index contributed by atoms with van der Waals surface area (Å²) in [5.41, 5.74) is 5.95. The number of fused-ring (bicyclic) bond motifs is 1. The smallest absolute Gasteiger partial charge is 0.106 e. The Morgan fingerprint density at radius 2 is 1.71 bits per heavy atom. The lowest BCUT2D eigenvalue weighted by Gasteiger charge is -2.22. The van der Waals surface area contributed by atoms with Crippen molar-refractivity contribution in [1.29, 1.82) is 0 Å². The third-order valence-electron chi connectivity index (χ3n) is 5.70. The van der Waals surface area contributed by atoms with Crippen LogP contribution in [-0.4, -0.2) is 12.7 Å². The maximum atomic E-state index is 5.70. The summed E-state index contributed by atoms with van der Waals surface area (Å²) < 4.78 is 5.70. The van der Waals surface area contributed by atoms with E-state index >= 15 is 0 Å². The third kappa shape index (κ3) is 2.92. The van der Waals surface area contributed by atoms with E-state index in [1.54, 1.807) is 16.8 Å². The molecule has 144 valence electrons. The van der Waals surface area contributed by atoms with Crippen LogP contribution in [0.4, 0.5) is 0 Å². The van der Waals surface area contributed by atoms with Crippen molar-refractivity contribution in [3.05, 3.63) is 67.6 Å². The molecule has 0 radical (unpaired) electrons. The molecule has 2 aromatic heterocycles. The van der Waals surface area contributed by atoms with E-state index in [4.69, 9.17) is 4.42 Å². The van der Waals surface area contributed by atoms with Gasteiger partial charge in [-0.15, -0.1) is 11.3 Å². The largest absolute Gasteiger partial charge is 0.466 e. The lowest BCUT2D eigenvalue weighted by atomic mass is 9.98. The van der Waals surface area contributed by atoms with E-state index in [1.165, 1.54) is 29.7 Å². The van der Waals surface area contributed by atoms with E-state index in [2.05, 4.69) is 45.8 Å². The molecule has 2 aromatic rings. The molecular weight excluding hydrogens is 368 g/mol. The molecule has 1 aliphatic carbocycles. The Kier molecular flexibility index (Phi) is 4.23. The highest BCUT2D eigenvalue weighted by atomic mass is 32.1. The molecule has 0 fully saturated rings. The van der Waals surface area contributed by atoms with E-state index in [1.807, 2.05) is 31.5 Å². The van der Waals surface area contributed by atoms with E-state index in [0.717, 1.165) is 28.5 Å². The molecule has 4 heterocycles. The fourth-order valence-corrected chi connectivity index (χ4v) is 5.76. The first-order chi connectivity index (χ1) is 13.6. The maximum absolute atomic E-state index is 5.70. The van der Waals surface area contributed by atoms with E-state index in [-0.39, 0.29) is 12.1 Å². The summed E-state index contributed by atoms with van der Waals surface area (Å²) in [5, 5.41) is 6.76. The highest BCUT2D eigenvalue weighted by molar-refractivity contribution is 7.12. The van der Waals surface area contributed by atoms with E-state index in [0.29, 0.717) is 0 Å². The van der Waals surface area contributed by atoms with Crippen LogP contribution in [-0.2, 0) is 12.8 Å². The first-order valence-electron chi connectivity index (χ1n) is 9.79. The van der Waals surface area contributed by atoms with Crippen LogP contribution in [0, 0.1) is 20.8 Å². The topological polar surface area (TPSA) is 61.9 Å². The molecule has 2 N–H and O–H groups in total. The van der Waals surface area contributed by atoms with Gasteiger partial charge in [-0.25, -0.2) is 9.98 Å². The molecule has 0 bridgehead atoms. The van der Waals surface area contributed by atoms with Crippen LogP contribution >= 0.6 is 11.3 Å². The molecule has 3 aliphatic rings. The molecule has 0 saturated carbocycles. The number of furan rings is 1. The Labute approximate surface area is 169 Å². The zero-order chi connectivity index (χ0) is 19.3. The van der Waals surface area contributed by atoms with Crippen molar-refractivity contribution >= 4 is 24.0 Å². The van der Waals surface area contributed by atoms with Gasteiger partial charge in [-0.2, -0.15) is 0 Å². The Morgan fingerprint density at radius 1 is 1.00 bits per heavy atom. The number of nitrogens with zero attached hydrogens (tertiary/aromatic N) is 2. The normalized spacial score (nSPS) is 23.1. The zero-order valence-corrected chi connectivity index (χ0v) is 17.2. The SMILES string of the molecule is Cc1cc(C2C=C(C3=CC(c4c(C)sc5c4CCC5)NC=N3)N=CN2)c(C)o1. The summed E-state index contributed by atoms with van der Waals surface area (Å²) in [4.78, 5) is 12.1. The van der Waals surface area contributed by atoms with Gasteiger partial charge in [0.25, 0.3) is 0 Å². The van der Waals surface area contributed by atoms with E-state index < -0.39 is 0 Å². The number of hydrogen-bond acceptors (Lipinski definition) is 6. The minimum Gasteiger partial charge on any atom is -0.466 e. The fourth-order valence-electron chi connectivity index (χ4n) is 4.45. The Balaban J connectivity index is 1.48. The van der Waals surface area contributed by atoms with E-state index in [9.17, 15) is 0 Å². The first kappa shape index (κ1) is 17.5. The van der Waals surface area contributed by atoms with Gasteiger partial charge in [0.15, 0.2) is 0 Å². The molecule has 0 amide bonds. The molecule has 28 heavy (non-hydrogen) atoms. The molecule has 5 rings (SSSR count). The van der Waals surface area contributed by atoms with Crippen molar-refractivity contribution in [2.45, 2.75) is 52.1 Å². The highest BCUT2D eigenvalue weighted by Crippen LogP contribution is 2.40. The summed E-state index contributed by atoms with van der Waals surface area (Å²) >= 11 is 1.96. The molecule has 0 spiro atoms. The van der Waals surface area contributed by atoms with Crippen LogP contribution in [0.2, 0.25) is 0 Å². The predicted octanol–water partition coefficient (Wildman–Crippen LogP) is 4.57. The lowest BCUT2D eigenvalue weighted by Crippen LogP contribution is -2.25. The summed E-state index contributed by atoms with van der Waals surface area (Å²) in [6, 6.07) is 2.29. The van der Waals surface area contributed by atoms with Crippen LogP contribution in [0.3, 0.4) is 0 Å².